The highest BCUT2D eigenvalue weighted by Gasteiger charge is 2.51. The summed E-state index contributed by atoms with van der Waals surface area (Å²) >= 11 is 0. The van der Waals surface area contributed by atoms with E-state index in [1.54, 1.807) is 14.0 Å². The third-order valence-electron chi connectivity index (χ3n) is 3.12. The third kappa shape index (κ3) is 6.72. The Kier molecular flexibility index (Phi) is 8.37. The average molecular weight is 317 g/mol. The van der Waals surface area contributed by atoms with Crippen LogP contribution in [0.5, 0.6) is 0 Å². The van der Waals surface area contributed by atoms with Crippen LogP contribution in [0.1, 0.15) is 27.2 Å². The van der Waals surface area contributed by atoms with Gasteiger partial charge in [0.1, 0.15) is 0 Å². The van der Waals surface area contributed by atoms with Crippen LogP contribution in [0.25, 0.3) is 0 Å². The number of ether oxygens (including phenoxy) is 4. The number of rotatable bonds is 11. The summed E-state index contributed by atoms with van der Waals surface area (Å²) in [6.07, 6.45) is -0.725. The van der Waals surface area contributed by atoms with Gasteiger partial charge in [-0.05, 0) is 19.3 Å². The molecule has 0 aromatic heterocycles. The third-order valence-corrected chi connectivity index (χ3v) is 3.12. The summed E-state index contributed by atoms with van der Waals surface area (Å²) < 4.78 is 20.3. The molecule has 1 fully saturated rings. The summed E-state index contributed by atoms with van der Waals surface area (Å²) in [7, 11) is 1.61. The fraction of sp³-hybridized carbons (Fsp3) is 0.867. The van der Waals surface area contributed by atoms with Gasteiger partial charge < -0.3 is 24.3 Å². The molecule has 1 heterocycles. The van der Waals surface area contributed by atoms with Crippen LogP contribution in [0.15, 0.2) is 0 Å². The van der Waals surface area contributed by atoms with Crippen molar-refractivity contribution in [2.24, 2.45) is 5.92 Å². The summed E-state index contributed by atoms with van der Waals surface area (Å²) in [4.78, 5) is 23.5. The molecule has 0 bridgehead atoms. The lowest BCUT2D eigenvalue weighted by molar-refractivity contribution is -0.144. The van der Waals surface area contributed by atoms with Crippen LogP contribution in [-0.2, 0) is 28.5 Å². The first-order chi connectivity index (χ1) is 10.5. The van der Waals surface area contributed by atoms with Gasteiger partial charge in [0.05, 0.1) is 32.5 Å². The van der Waals surface area contributed by atoms with E-state index in [1.165, 1.54) is 0 Å². The van der Waals surface area contributed by atoms with Crippen molar-refractivity contribution in [2.75, 3.05) is 33.5 Å². The first-order valence-corrected chi connectivity index (χ1v) is 7.68. The van der Waals surface area contributed by atoms with E-state index in [0.717, 1.165) is 6.42 Å². The standard InChI is InChI=1S/C15H27NO6/c1-5-21-15(18)13-12(22-13)14(17)16-11(8-10(2)3)9-20-7-6-19-4/h10-13H,5-9H2,1-4H3,(H,16,17)/t11-,12-,13-/m0/s1. The lowest BCUT2D eigenvalue weighted by atomic mass is 10.0. The molecule has 0 aromatic rings. The van der Waals surface area contributed by atoms with E-state index in [4.69, 9.17) is 18.9 Å². The lowest BCUT2D eigenvalue weighted by Crippen LogP contribution is -2.42. The lowest BCUT2D eigenvalue weighted by Gasteiger charge is -2.20. The smallest absolute Gasteiger partial charge is 0.338 e. The van der Waals surface area contributed by atoms with Crippen molar-refractivity contribution in [1.29, 1.82) is 0 Å². The molecule has 128 valence electrons. The van der Waals surface area contributed by atoms with E-state index < -0.39 is 18.2 Å². The molecule has 1 saturated heterocycles. The summed E-state index contributed by atoms with van der Waals surface area (Å²) in [5, 5.41) is 2.88. The van der Waals surface area contributed by atoms with Crippen molar-refractivity contribution in [3.05, 3.63) is 0 Å². The van der Waals surface area contributed by atoms with Crippen molar-refractivity contribution < 1.29 is 28.5 Å². The highest BCUT2D eigenvalue weighted by atomic mass is 16.6. The van der Waals surface area contributed by atoms with Crippen molar-refractivity contribution in [2.45, 2.75) is 45.4 Å². The minimum atomic E-state index is -0.769. The van der Waals surface area contributed by atoms with Crippen LogP contribution in [0.4, 0.5) is 0 Å². The van der Waals surface area contributed by atoms with Gasteiger partial charge in [-0.15, -0.1) is 0 Å². The maximum atomic E-state index is 12.1. The average Bonchev–Trinajstić information content (AvgIpc) is 3.23. The van der Waals surface area contributed by atoms with Crippen molar-refractivity contribution in [3.8, 4) is 0 Å². The van der Waals surface area contributed by atoms with Gasteiger partial charge >= 0.3 is 5.97 Å². The number of amides is 1. The molecule has 1 aliphatic heterocycles. The first-order valence-electron chi connectivity index (χ1n) is 7.68. The van der Waals surface area contributed by atoms with Gasteiger partial charge in [0.15, 0.2) is 12.2 Å². The number of carbonyl (C=O) groups is 2. The molecule has 0 radical (unpaired) electrons. The van der Waals surface area contributed by atoms with E-state index >= 15 is 0 Å². The molecule has 0 spiro atoms. The highest BCUT2D eigenvalue weighted by molar-refractivity contribution is 5.92. The zero-order chi connectivity index (χ0) is 16.5. The first kappa shape index (κ1) is 18.9. The molecule has 1 amide bonds. The van der Waals surface area contributed by atoms with Gasteiger partial charge in [-0.3, -0.25) is 4.79 Å². The van der Waals surface area contributed by atoms with Gasteiger partial charge in [0.2, 0.25) is 0 Å². The fourth-order valence-electron chi connectivity index (χ4n) is 2.10. The summed E-state index contributed by atoms with van der Waals surface area (Å²) in [5.41, 5.74) is 0. The van der Waals surface area contributed by atoms with Gasteiger partial charge in [0.25, 0.3) is 5.91 Å². The van der Waals surface area contributed by atoms with E-state index in [1.807, 2.05) is 0 Å². The van der Waals surface area contributed by atoms with Crippen molar-refractivity contribution in [3.63, 3.8) is 0 Å². The molecule has 0 saturated carbocycles. The summed E-state index contributed by atoms with van der Waals surface area (Å²) in [6, 6.07) is -0.114. The summed E-state index contributed by atoms with van der Waals surface area (Å²) in [6.45, 7) is 7.53. The molecule has 1 rings (SSSR count). The molecule has 22 heavy (non-hydrogen) atoms. The molecule has 3 atom stereocenters. The molecule has 7 heteroatoms. The van der Waals surface area contributed by atoms with E-state index in [2.05, 4.69) is 19.2 Å². The summed E-state index contributed by atoms with van der Waals surface area (Å²) in [5.74, 6) is -0.365. The predicted molar refractivity (Wildman–Crippen MR) is 79.4 cm³/mol. The maximum absolute atomic E-state index is 12.1. The van der Waals surface area contributed by atoms with E-state index in [0.29, 0.717) is 25.7 Å². The molecule has 7 nitrogen and oxygen atoms in total. The van der Waals surface area contributed by atoms with Gasteiger partial charge in [-0.25, -0.2) is 4.79 Å². The topological polar surface area (TPSA) is 86.4 Å². The van der Waals surface area contributed by atoms with Crippen LogP contribution in [0, 0.1) is 5.92 Å². The SMILES string of the molecule is CCOC(=O)[C@H]1O[C@@H]1C(=O)N[C@H](COCCOC)CC(C)C. The quantitative estimate of drug-likeness (QED) is 0.339. The number of carbonyl (C=O) groups excluding carboxylic acids is 2. The Balaban J connectivity index is 2.38. The van der Waals surface area contributed by atoms with Gasteiger partial charge in [-0.2, -0.15) is 0 Å². The Hall–Kier alpha value is -1.18. The maximum Gasteiger partial charge on any atom is 0.338 e. The monoisotopic (exact) mass is 317 g/mol. The van der Waals surface area contributed by atoms with Crippen molar-refractivity contribution >= 4 is 11.9 Å². The number of nitrogens with one attached hydrogen (secondary N) is 1. The van der Waals surface area contributed by atoms with Crippen LogP contribution in [-0.4, -0.2) is 63.7 Å². The number of hydrogen-bond donors (Lipinski definition) is 1. The predicted octanol–water partition coefficient (Wildman–Crippen LogP) is 0.511. The van der Waals surface area contributed by atoms with Crippen LogP contribution < -0.4 is 5.32 Å². The molecule has 0 aromatic carbocycles. The number of hydrogen-bond acceptors (Lipinski definition) is 6. The van der Waals surface area contributed by atoms with E-state index in [-0.39, 0.29) is 18.6 Å². The zero-order valence-electron chi connectivity index (χ0n) is 13.8. The Morgan fingerprint density at radius 3 is 2.55 bits per heavy atom. The second kappa shape index (κ2) is 9.76. The van der Waals surface area contributed by atoms with Gasteiger partial charge in [0, 0.05) is 7.11 Å². The largest absolute Gasteiger partial charge is 0.464 e. The normalized spacial score (nSPS) is 21.5. The fourth-order valence-corrected chi connectivity index (χ4v) is 2.10. The minimum Gasteiger partial charge on any atom is -0.464 e. The minimum absolute atomic E-state index is 0.114. The zero-order valence-corrected chi connectivity index (χ0v) is 13.8. The highest BCUT2D eigenvalue weighted by Crippen LogP contribution is 2.24. The molecule has 0 unspecified atom stereocenters. The van der Waals surface area contributed by atoms with Crippen LogP contribution >= 0.6 is 0 Å². The molecule has 1 N–H and O–H groups in total. The molecular formula is C15H27NO6. The Bertz CT molecular complexity index is 360. The Morgan fingerprint density at radius 1 is 1.23 bits per heavy atom. The molecule has 0 aliphatic carbocycles. The van der Waals surface area contributed by atoms with Gasteiger partial charge in [-0.1, -0.05) is 13.8 Å². The van der Waals surface area contributed by atoms with E-state index in [9.17, 15) is 9.59 Å². The Labute approximate surface area is 131 Å². The number of epoxide rings is 1. The van der Waals surface area contributed by atoms with Crippen molar-refractivity contribution in [1.82, 2.24) is 5.32 Å². The number of esters is 1. The second-order valence-corrected chi connectivity index (χ2v) is 5.63. The van der Waals surface area contributed by atoms with Crippen LogP contribution in [0.3, 0.4) is 0 Å². The number of methoxy groups -OCH3 is 1. The molecular weight excluding hydrogens is 290 g/mol. The van der Waals surface area contributed by atoms with Crippen LogP contribution in [0.2, 0.25) is 0 Å². The molecule has 1 aliphatic rings. The second-order valence-electron chi connectivity index (χ2n) is 5.63. The Morgan fingerprint density at radius 2 is 1.95 bits per heavy atom.